The molecule has 0 N–H and O–H groups in total. The molecule has 0 aromatic heterocycles. The van der Waals surface area contributed by atoms with Crippen LogP contribution in [0.25, 0.3) is 11.1 Å². The highest BCUT2D eigenvalue weighted by atomic mass is 15.1. The second-order valence-electron chi connectivity index (χ2n) is 5.88. The summed E-state index contributed by atoms with van der Waals surface area (Å²) in [5, 5.41) is 9.39. The van der Waals surface area contributed by atoms with Gasteiger partial charge in [-0.2, -0.15) is 5.26 Å². The van der Waals surface area contributed by atoms with Crippen molar-refractivity contribution in [2.45, 2.75) is 19.8 Å². The van der Waals surface area contributed by atoms with E-state index in [1.807, 2.05) is 18.2 Å². The summed E-state index contributed by atoms with van der Waals surface area (Å²) in [6, 6.07) is 18.9. The monoisotopic (exact) mass is 276 g/mol. The lowest BCUT2D eigenvalue weighted by Gasteiger charge is -2.33. The average Bonchev–Trinajstić information content (AvgIpc) is 2.56. The second kappa shape index (κ2) is 6.01. The first-order valence-electron chi connectivity index (χ1n) is 7.62. The molecule has 2 aromatic carbocycles. The van der Waals surface area contributed by atoms with Crippen molar-refractivity contribution >= 4 is 5.69 Å². The van der Waals surface area contributed by atoms with Gasteiger partial charge in [-0.25, -0.2) is 0 Å². The zero-order valence-corrected chi connectivity index (χ0v) is 12.4. The summed E-state index contributed by atoms with van der Waals surface area (Å²) in [6.07, 6.45) is 2.42. The number of hydrogen-bond acceptors (Lipinski definition) is 2. The highest BCUT2D eigenvalue weighted by Gasteiger charge is 2.18. The third-order valence-electron chi connectivity index (χ3n) is 4.35. The first-order valence-corrected chi connectivity index (χ1v) is 7.62. The highest BCUT2D eigenvalue weighted by molar-refractivity contribution is 5.72. The predicted octanol–water partition coefficient (Wildman–Crippen LogP) is 4.46. The van der Waals surface area contributed by atoms with Crippen molar-refractivity contribution in [2.24, 2.45) is 5.92 Å². The quantitative estimate of drug-likeness (QED) is 0.809. The van der Waals surface area contributed by atoms with Gasteiger partial charge in [0.1, 0.15) is 6.07 Å². The fraction of sp³-hybridized carbons (Fsp3) is 0.316. The Hall–Kier alpha value is -2.27. The minimum atomic E-state index is 0.782. The summed E-state index contributed by atoms with van der Waals surface area (Å²) in [4.78, 5) is 2.37. The van der Waals surface area contributed by atoms with E-state index in [4.69, 9.17) is 0 Å². The maximum atomic E-state index is 9.39. The minimum absolute atomic E-state index is 0.782. The van der Waals surface area contributed by atoms with E-state index in [-0.39, 0.29) is 0 Å². The van der Waals surface area contributed by atoms with Gasteiger partial charge in [0.25, 0.3) is 0 Å². The summed E-state index contributed by atoms with van der Waals surface area (Å²) in [5.74, 6) is 0.795. The lowest BCUT2D eigenvalue weighted by atomic mass is 9.96. The van der Waals surface area contributed by atoms with E-state index in [1.54, 1.807) is 0 Å². The first-order chi connectivity index (χ1) is 10.3. The third-order valence-corrected chi connectivity index (χ3v) is 4.35. The predicted molar refractivity (Wildman–Crippen MR) is 87.2 cm³/mol. The van der Waals surface area contributed by atoms with E-state index in [0.29, 0.717) is 0 Å². The molecule has 1 heterocycles. The summed E-state index contributed by atoms with van der Waals surface area (Å²) in [5.41, 5.74) is 4.26. The van der Waals surface area contributed by atoms with E-state index in [0.717, 1.165) is 30.3 Å². The molecule has 0 spiro atoms. The van der Waals surface area contributed by atoms with E-state index in [1.165, 1.54) is 24.0 Å². The van der Waals surface area contributed by atoms with Crippen LogP contribution < -0.4 is 4.90 Å². The summed E-state index contributed by atoms with van der Waals surface area (Å²) in [7, 11) is 0. The van der Waals surface area contributed by atoms with Gasteiger partial charge in [-0.3, -0.25) is 0 Å². The van der Waals surface area contributed by atoms with Gasteiger partial charge in [-0.1, -0.05) is 43.3 Å². The van der Waals surface area contributed by atoms with Gasteiger partial charge in [-0.05, 0) is 42.0 Å². The summed E-state index contributed by atoms with van der Waals surface area (Å²) < 4.78 is 0. The normalized spacial score (nSPS) is 15.7. The largest absolute Gasteiger partial charge is 0.370 e. The van der Waals surface area contributed by atoms with Crippen LogP contribution in [-0.4, -0.2) is 13.1 Å². The van der Waals surface area contributed by atoms with Gasteiger partial charge in [0.2, 0.25) is 0 Å². The van der Waals surface area contributed by atoms with Crippen LogP contribution in [0.4, 0.5) is 5.69 Å². The standard InChI is InChI=1S/C19H20N2/c1-15-9-11-21(12-10-15)19-13-17(7-8-18(19)14-20)16-5-3-2-4-6-16/h2-8,13,15H,9-12H2,1H3. The maximum absolute atomic E-state index is 9.39. The van der Waals surface area contributed by atoms with Crippen molar-refractivity contribution in [3.63, 3.8) is 0 Å². The number of rotatable bonds is 2. The highest BCUT2D eigenvalue weighted by Crippen LogP contribution is 2.30. The van der Waals surface area contributed by atoms with Crippen LogP contribution in [0.3, 0.4) is 0 Å². The van der Waals surface area contributed by atoms with Gasteiger partial charge in [0, 0.05) is 13.1 Å². The van der Waals surface area contributed by atoms with Crippen LogP contribution in [0, 0.1) is 17.2 Å². The number of nitrogens with zero attached hydrogens (tertiary/aromatic N) is 2. The smallest absolute Gasteiger partial charge is 0.101 e. The SMILES string of the molecule is CC1CCN(c2cc(-c3ccccc3)ccc2C#N)CC1. The molecule has 2 nitrogen and oxygen atoms in total. The Kier molecular flexibility index (Phi) is 3.92. The van der Waals surface area contributed by atoms with Crippen LogP contribution in [0.15, 0.2) is 48.5 Å². The van der Waals surface area contributed by atoms with Gasteiger partial charge in [0.05, 0.1) is 11.3 Å². The minimum Gasteiger partial charge on any atom is -0.370 e. The Morgan fingerprint density at radius 3 is 2.38 bits per heavy atom. The number of anilines is 1. The molecule has 2 aromatic rings. The molecular formula is C19H20N2. The van der Waals surface area contributed by atoms with Crippen molar-refractivity contribution in [3.8, 4) is 17.2 Å². The van der Waals surface area contributed by atoms with Crippen LogP contribution in [-0.2, 0) is 0 Å². The van der Waals surface area contributed by atoms with Crippen molar-refractivity contribution < 1.29 is 0 Å². The molecule has 21 heavy (non-hydrogen) atoms. The molecule has 1 aliphatic heterocycles. The van der Waals surface area contributed by atoms with Gasteiger partial charge >= 0.3 is 0 Å². The summed E-state index contributed by atoms with van der Waals surface area (Å²) >= 11 is 0. The van der Waals surface area contributed by atoms with Crippen molar-refractivity contribution in [2.75, 3.05) is 18.0 Å². The van der Waals surface area contributed by atoms with Crippen LogP contribution in [0.1, 0.15) is 25.3 Å². The molecule has 0 atom stereocenters. The number of piperidine rings is 1. The Morgan fingerprint density at radius 2 is 1.71 bits per heavy atom. The van der Waals surface area contributed by atoms with E-state index in [9.17, 15) is 5.26 Å². The topological polar surface area (TPSA) is 27.0 Å². The van der Waals surface area contributed by atoms with Gasteiger partial charge in [0.15, 0.2) is 0 Å². The van der Waals surface area contributed by atoms with Crippen molar-refractivity contribution in [3.05, 3.63) is 54.1 Å². The van der Waals surface area contributed by atoms with Crippen molar-refractivity contribution in [1.29, 1.82) is 5.26 Å². The second-order valence-corrected chi connectivity index (χ2v) is 5.88. The Balaban J connectivity index is 1.97. The van der Waals surface area contributed by atoms with E-state index < -0.39 is 0 Å². The van der Waals surface area contributed by atoms with E-state index >= 15 is 0 Å². The van der Waals surface area contributed by atoms with Crippen LogP contribution in [0.2, 0.25) is 0 Å². The Morgan fingerprint density at radius 1 is 1.00 bits per heavy atom. The average molecular weight is 276 g/mol. The lowest BCUT2D eigenvalue weighted by molar-refractivity contribution is 0.438. The van der Waals surface area contributed by atoms with Gasteiger partial charge in [-0.15, -0.1) is 0 Å². The molecule has 106 valence electrons. The Bertz CT molecular complexity index is 647. The van der Waals surface area contributed by atoms with E-state index in [2.05, 4.69) is 48.2 Å². The third kappa shape index (κ3) is 2.92. The molecule has 0 saturated carbocycles. The molecule has 3 rings (SSSR count). The maximum Gasteiger partial charge on any atom is 0.101 e. The molecule has 0 unspecified atom stereocenters. The molecule has 1 aliphatic rings. The number of benzene rings is 2. The number of hydrogen-bond donors (Lipinski definition) is 0. The molecule has 1 fully saturated rings. The Labute approximate surface area is 126 Å². The molecule has 0 radical (unpaired) electrons. The molecule has 0 bridgehead atoms. The zero-order chi connectivity index (χ0) is 14.7. The first kappa shape index (κ1) is 13.7. The zero-order valence-electron chi connectivity index (χ0n) is 12.4. The fourth-order valence-electron chi connectivity index (χ4n) is 2.95. The van der Waals surface area contributed by atoms with Gasteiger partial charge < -0.3 is 4.90 Å². The number of nitriles is 1. The molecule has 0 amide bonds. The van der Waals surface area contributed by atoms with Crippen LogP contribution in [0.5, 0.6) is 0 Å². The molecule has 2 heteroatoms. The molecular weight excluding hydrogens is 256 g/mol. The van der Waals surface area contributed by atoms with Crippen molar-refractivity contribution in [1.82, 2.24) is 0 Å². The fourth-order valence-corrected chi connectivity index (χ4v) is 2.95. The lowest BCUT2D eigenvalue weighted by Crippen LogP contribution is -2.33. The molecule has 1 saturated heterocycles. The molecule has 0 aliphatic carbocycles. The van der Waals surface area contributed by atoms with Crippen LogP contribution >= 0.6 is 0 Å². The summed E-state index contributed by atoms with van der Waals surface area (Å²) in [6.45, 7) is 4.41.